The van der Waals surface area contributed by atoms with Crippen LogP contribution in [-0.4, -0.2) is 35.5 Å². The number of hydrogen-bond acceptors (Lipinski definition) is 3. The van der Waals surface area contributed by atoms with Gasteiger partial charge in [-0.2, -0.15) is 0 Å². The van der Waals surface area contributed by atoms with Gasteiger partial charge in [-0.25, -0.2) is 0 Å². The number of thiophene rings is 1. The lowest BCUT2D eigenvalue weighted by Gasteiger charge is -2.29. The highest BCUT2D eigenvalue weighted by atomic mass is 32.1. The van der Waals surface area contributed by atoms with Crippen molar-refractivity contribution in [3.8, 4) is 0 Å². The number of carboxylic acids is 1. The molecule has 4 nitrogen and oxygen atoms in total. The molecule has 1 N–H and O–H groups in total. The number of amides is 1. The van der Waals surface area contributed by atoms with Gasteiger partial charge in [0.2, 0.25) is 5.91 Å². The summed E-state index contributed by atoms with van der Waals surface area (Å²) in [6.45, 7) is 0.697. The van der Waals surface area contributed by atoms with E-state index in [2.05, 4.69) is 6.07 Å². The Kier molecular flexibility index (Phi) is 5.39. The number of carbonyl (C=O) groups is 2. The van der Waals surface area contributed by atoms with Crippen molar-refractivity contribution in [3.05, 3.63) is 22.4 Å². The standard InChI is InChI=1S/C16H23NO3S/c1-17(9-6-13-5-4-10-21-13)14(18)11-16(12-15(19)20)7-2-3-8-16/h4-5,10H,2-3,6-9,11-12H2,1H3,(H,19,20). The third-order valence-corrected chi connectivity index (χ3v) is 5.35. The molecule has 1 aliphatic carbocycles. The molecule has 21 heavy (non-hydrogen) atoms. The van der Waals surface area contributed by atoms with Crippen molar-refractivity contribution in [1.29, 1.82) is 0 Å². The quantitative estimate of drug-likeness (QED) is 0.841. The maximum absolute atomic E-state index is 12.4. The molecule has 0 bridgehead atoms. The highest BCUT2D eigenvalue weighted by molar-refractivity contribution is 7.09. The van der Waals surface area contributed by atoms with Crippen molar-refractivity contribution in [2.75, 3.05) is 13.6 Å². The predicted molar refractivity (Wildman–Crippen MR) is 83.4 cm³/mol. The highest BCUT2D eigenvalue weighted by Crippen LogP contribution is 2.44. The zero-order chi connectivity index (χ0) is 15.3. The molecule has 1 aromatic rings. The smallest absolute Gasteiger partial charge is 0.303 e. The molecule has 2 rings (SSSR count). The van der Waals surface area contributed by atoms with E-state index in [9.17, 15) is 9.59 Å². The minimum atomic E-state index is -0.786. The molecule has 1 amide bonds. The predicted octanol–water partition coefficient (Wildman–Crippen LogP) is 3.17. The van der Waals surface area contributed by atoms with Crippen molar-refractivity contribution < 1.29 is 14.7 Å². The third-order valence-electron chi connectivity index (χ3n) is 4.42. The molecule has 0 saturated heterocycles. The molecule has 1 fully saturated rings. The molecular weight excluding hydrogens is 286 g/mol. The molecule has 0 unspecified atom stereocenters. The molecule has 5 heteroatoms. The van der Waals surface area contributed by atoms with E-state index in [0.717, 1.165) is 32.1 Å². The Morgan fingerprint density at radius 3 is 2.62 bits per heavy atom. The van der Waals surface area contributed by atoms with E-state index >= 15 is 0 Å². The van der Waals surface area contributed by atoms with Crippen LogP contribution in [0.15, 0.2) is 17.5 Å². The van der Waals surface area contributed by atoms with Crippen molar-refractivity contribution >= 4 is 23.2 Å². The topological polar surface area (TPSA) is 57.6 Å². The van der Waals surface area contributed by atoms with Gasteiger partial charge in [0.05, 0.1) is 6.42 Å². The number of rotatable bonds is 7. The van der Waals surface area contributed by atoms with Crippen LogP contribution in [0.25, 0.3) is 0 Å². The van der Waals surface area contributed by atoms with E-state index in [4.69, 9.17) is 5.11 Å². The van der Waals surface area contributed by atoms with Crippen molar-refractivity contribution in [2.45, 2.75) is 44.9 Å². The number of aliphatic carboxylic acids is 1. The van der Waals surface area contributed by atoms with Gasteiger partial charge in [-0.1, -0.05) is 18.9 Å². The summed E-state index contributed by atoms with van der Waals surface area (Å²) in [7, 11) is 1.82. The fourth-order valence-electron chi connectivity index (χ4n) is 3.18. The molecule has 0 radical (unpaired) electrons. The van der Waals surface area contributed by atoms with Crippen molar-refractivity contribution in [3.63, 3.8) is 0 Å². The van der Waals surface area contributed by atoms with Crippen LogP contribution in [0.2, 0.25) is 0 Å². The van der Waals surface area contributed by atoms with Gasteiger partial charge in [0.15, 0.2) is 0 Å². The fraction of sp³-hybridized carbons (Fsp3) is 0.625. The lowest BCUT2D eigenvalue weighted by atomic mass is 9.79. The first-order valence-corrected chi connectivity index (χ1v) is 8.37. The van der Waals surface area contributed by atoms with E-state index in [1.54, 1.807) is 16.2 Å². The van der Waals surface area contributed by atoms with E-state index in [-0.39, 0.29) is 17.7 Å². The van der Waals surface area contributed by atoms with E-state index in [1.807, 2.05) is 18.5 Å². The Bertz CT molecular complexity index is 478. The molecule has 0 aromatic carbocycles. The third kappa shape index (κ3) is 4.56. The first-order valence-electron chi connectivity index (χ1n) is 7.49. The van der Waals surface area contributed by atoms with Crippen molar-refractivity contribution in [1.82, 2.24) is 4.90 Å². The van der Waals surface area contributed by atoms with Crippen LogP contribution in [0.5, 0.6) is 0 Å². The summed E-state index contributed by atoms with van der Waals surface area (Å²) in [5.74, 6) is -0.708. The molecule has 116 valence electrons. The summed E-state index contributed by atoms with van der Waals surface area (Å²) in [6, 6.07) is 4.09. The van der Waals surface area contributed by atoms with E-state index < -0.39 is 5.97 Å². The van der Waals surface area contributed by atoms with Gasteiger partial charge in [0, 0.05) is 24.9 Å². The van der Waals surface area contributed by atoms with Gasteiger partial charge in [0.25, 0.3) is 0 Å². The number of carboxylic acid groups (broad SMARTS) is 1. The Balaban J connectivity index is 1.87. The summed E-state index contributed by atoms with van der Waals surface area (Å²) in [6.07, 6.45) is 5.18. The molecule has 1 heterocycles. The first-order chi connectivity index (χ1) is 10.0. The monoisotopic (exact) mass is 309 g/mol. The molecule has 1 aromatic heterocycles. The average Bonchev–Trinajstić information content (AvgIpc) is 3.07. The van der Waals surface area contributed by atoms with E-state index in [0.29, 0.717) is 13.0 Å². The number of carbonyl (C=O) groups excluding carboxylic acids is 1. The Labute approximate surface area is 129 Å². The van der Waals surface area contributed by atoms with Crippen LogP contribution in [0.4, 0.5) is 0 Å². The van der Waals surface area contributed by atoms with Gasteiger partial charge < -0.3 is 10.0 Å². The first kappa shape index (κ1) is 16.0. The van der Waals surface area contributed by atoms with Gasteiger partial charge in [0.1, 0.15) is 0 Å². The van der Waals surface area contributed by atoms with Gasteiger partial charge in [-0.05, 0) is 36.1 Å². The van der Waals surface area contributed by atoms with Crippen LogP contribution in [0.3, 0.4) is 0 Å². The van der Waals surface area contributed by atoms with Crippen LogP contribution in [-0.2, 0) is 16.0 Å². The van der Waals surface area contributed by atoms with Gasteiger partial charge >= 0.3 is 5.97 Å². The second-order valence-electron chi connectivity index (χ2n) is 6.10. The molecule has 1 saturated carbocycles. The minimum absolute atomic E-state index is 0.0784. The Morgan fingerprint density at radius 2 is 2.05 bits per heavy atom. The van der Waals surface area contributed by atoms with Crippen LogP contribution in [0.1, 0.15) is 43.4 Å². The summed E-state index contributed by atoms with van der Waals surface area (Å²) in [5, 5.41) is 11.1. The second kappa shape index (κ2) is 7.07. The molecule has 0 atom stereocenters. The van der Waals surface area contributed by atoms with Gasteiger partial charge in [-0.15, -0.1) is 11.3 Å². The molecular formula is C16H23NO3S. The zero-order valence-electron chi connectivity index (χ0n) is 12.5. The van der Waals surface area contributed by atoms with Gasteiger partial charge in [-0.3, -0.25) is 9.59 Å². The zero-order valence-corrected chi connectivity index (χ0v) is 13.3. The van der Waals surface area contributed by atoms with E-state index in [1.165, 1.54) is 4.88 Å². The van der Waals surface area contributed by atoms with Crippen molar-refractivity contribution in [2.24, 2.45) is 5.41 Å². The molecule has 0 aliphatic heterocycles. The normalized spacial score (nSPS) is 16.8. The summed E-state index contributed by atoms with van der Waals surface area (Å²) in [5.41, 5.74) is -0.305. The average molecular weight is 309 g/mol. The number of hydrogen-bond donors (Lipinski definition) is 1. The van der Waals surface area contributed by atoms with Crippen LogP contribution < -0.4 is 0 Å². The lowest BCUT2D eigenvalue weighted by molar-refractivity contribution is -0.141. The highest BCUT2D eigenvalue weighted by Gasteiger charge is 2.38. The summed E-state index contributed by atoms with van der Waals surface area (Å²) < 4.78 is 0. The SMILES string of the molecule is CN(CCc1cccs1)C(=O)CC1(CC(=O)O)CCCC1. The summed E-state index contributed by atoms with van der Waals surface area (Å²) in [4.78, 5) is 26.5. The second-order valence-corrected chi connectivity index (χ2v) is 7.13. The summed E-state index contributed by atoms with van der Waals surface area (Å²) >= 11 is 1.70. The Morgan fingerprint density at radius 1 is 1.33 bits per heavy atom. The maximum Gasteiger partial charge on any atom is 0.303 e. The minimum Gasteiger partial charge on any atom is -0.481 e. The molecule has 0 spiro atoms. The van der Waals surface area contributed by atoms with Crippen LogP contribution >= 0.6 is 11.3 Å². The largest absolute Gasteiger partial charge is 0.481 e. The number of nitrogens with zero attached hydrogens (tertiary/aromatic N) is 1. The van der Waals surface area contributed by atoms with Crippen LogP contribution in [0, 0.1) is 5.41 Å². The molecule has 1 aliphatic rings. The maximum atomic E-state index is 12.4. The number of likely N-dealkylation sites (N-methyl/N-ethyl adjacent to an activating group) is 1. The lowest BCUT2D eigenvalue weighted by Crippen LogP contribution is -2.34. The fourth-order valence-corrected chi connectivity index (χ4v) is 3.87. The Hall–Kier alpha value is -1.36.